The summed E-state index contributed by atoms with van der Waals surface area (Å²) in [5.41, 5.74) is 0.955. The average Bonchev–Trinajstić information content (AvgIpc) is 3.13. The molecule has 0 spiro atoms. The number of rotatable bonds is 3. The first-order valence-corrected chi connectivity index (χ1v) is 7.63. The summed E-state index contributed by atoms with van der Waals surface area (Å²) < 4.78 is 7.52. The smallest absolute Gasteiger partial charge is 0.157 e. The second-order valence-electron chi connectivity index (χ2n) is 5.84. The van der Waals surface area contributed by atoms with Crippen LogP contribution < -0.4 is 9.64 Å². The number of anilines is 1. The van der Waals surface area contributed by atoms with E-state index in [2.05, 4.69) is 21.0 Å². The first-order valence-electron chi connectivity index (χ1n) is 7.63. The van der Waals surface area contributed by atoms with Crippen molar-refractivity contribution in [2.24, 2.45) is 7.05 Å². The summed E-state index contributed by atoms with van der Waals surface area (Å²) in [5.74, 6) is 1.53. The van der Waals surface area contributed by atoms with Crippen molar-refractivity contribution >= 4 is 16.7 Å². The van der Waals surface area contributed by atoms with Crippen molar-refractivity contribution in [2.45, 2.75) is 12.2 Å². The predicted octanol–water partition coefficient (Wildman–Crippen LogP) is 1.60. The number of nitrogens with zero attached hydrogens (tertiary/aromatic N) is 4. The van der Waals surface area contributed by atoms with Gasteiger partial charge in [-0.05, 0) is 18.2 Å². The van der Waals surface area contributed by atoms with Gasteiger partial charge >= 0.3 is 0 Å². The highest BCUT2D eigenvalue weighted by atomic mass is 16.5. The lowest BCUT2D eigenvalue weighted by atomic mass is 10.2. The number of benzene rings is 1. The number of aliphatic hydroxyl groups is 1. The van der Waals surface area contributed by atoms with Gasteiger partial charge in [-0.15, -0.1) is 0 Å². The molecule has 3 aromatic rings. The summed E-state index contributed by atoms with van der Waals surface area (Å²) >= 11 is 0. The van der Waals surface area contributed by atoms with Crippen LogP contribution in [0.2, 0.25) is 0 Å². The topological polar surface area (TPSA) is 63.4 Å². The Morgan fingerprint density at radius 3 is 2.87 bits per heavy atom. The van der Waals surface area contributed by atoms with E-state index in [1.165, 1.54) is 0 Å². The van der Waals surface area contributed by atoms with Crippen molar-refractivity contribution in [3.8, 4) is 5.75 Å². The summed E-state index contributed by atoms with van der Waals surface area (Å²) in [5, 5.41) is 15.5. The zero-order valence-electron chi connectivity index (χ0n) is 12.8. The number of aryl methyl sites for hydroxylation is 1. The van der Waals surface area contributed by atoms with Crippen molar-refractivity contribution in [1.29, 1.82) is 0 Å². The van der Waals surface area contributed by atoms with Gasteiger partial charge in [-0.2, -0.15) is 5.10 Å². The van der Waals surface area contributed by atoms with Crippen molar-refractivity contribution < 1.29 is 9.84 Å². The molecule has 1 aliphatic rings. The molecule has 6 nitrogen and oxygen atoms in total. The third-order valence-electron chi connectivity index (χ3n) is 4.11. The van der Waals surface area contributed by atoms with Gasteiger partial charge in [0.15, 0.2) is 5.75 Å². The van der Waals surface area contributed by atoms with Crippen LogP contribution in [0.1, 0.15) is 0 Å². The van der Waals surface area contributed by atoms with Crippen LogP contribution in [0, 0.1) is 0 Å². The monoisotopic (exact) mass is 310 g/mol. The van der Waals surface area contributed by atoms with Gasteiger partial charge in [-0.3, -0.25) is 4.68 Å². The number of fused-ring (bicyclic) bond motifs is 1. The number of hydrogen-bond acceptors (Lipinski definition) is 5. The summed E-state index contributed by atoms with van der Waals surface area (Å²) in [6.07, 6.45) is 2.61. The van der Waals surface area contributed by atoms with Crippen LogP contribution in [0.4, 0.5) is 5.82 Å². The zero-order valence-corrected chi connectivity index (χ0v) is 12.8. The Balaban J connectivity index is 1.53. The lowest BCUT2D eigenvalue weighted by Gasteiger charge is -2.17. The van der Waals surface area contributed by atoms with E-state index in [0.29, 0.717) is 18.8 Å². The molecule has 4 rings (SSSR count). The maximum atomic E-state index is 10.3. The quantitative estimate of drug-likeness (QED) is 0.796. The second kappa shape index (κ2) is 5.55. The van der Waals surface area contributed by atoms with Crippen LogP contribution in [0.25, 0.3) is 10.9 Å². The van der Waals surface area contributed by atoms with E-state index >= 15 is 0 Å². The van der Waals surface area contributed by atoms with Gasteiger partial charge in [-0.1, -0.05) is 18.2 Å². The normalized spacial score (nSPS) is 21.0. The maximum Gasteiger partial charge on any atom is 0.157 e. The minimum atomic E-state index is -0.552. The van der Waals surface area contributed by atoms with E-state index in [-0.39, 0.29) is 6.10 Å². The fourth-order valence-corrected chi connectivity index (χ4v) is 2.93. The molecule has 1 N–H and O–H groups in total. The molecule has 1 aliphatic heterocycles. The number of aromatic nitrogens is 3. The molecule has 118 valence electrons. The van der Waals surface area contributed by atoms with Gasteiger partial charge < -0.3 is 14.7 Å². The Morgan fingerprint density at radius 2 is 2.04 bits per heavy atom. The minimum absolute atomic E-state index is 0.285. The molecule has 0 amide bonds. The Labute approximate surface area is 133 Å². The summed E-state index contributed by atoms with van der Waals surface area (Å²) in [6, 6.07) is 12.1. The third kappa shape index (κ3) is 2.73. The molecule has 0 bridgehead atoms. The molecule has 1 aromatic carbocycles. The van der Waals surface area contributed by atoms with Gasteiger partial charge in [-0.25, -0.2) is 4.98 Å². The molecule has 1 fully saturated rings. The molecule has 1 saturated heterocycles. The number of pyridine rings is 1. The van der Waals surface area contributed by atoms with E-state index in [4.69, 9.17) is 4.74 Å². The molecule has 0 aliphatic carbocycles. The highest BCUT2D eigenvalue weighted by molar-refractivity contribution is 5.80. The highest BCUT2D eigenvalue weighted by Gasteiger charge is 2.34. The first-order chi connectivity index (χ1) is 11.2. The van der Waals surface area contributed by atoms with Gasteiger partial charge in [0.1, 0.15) is 18.0 Å². The van der Waals surface area contributed by atoms with Crippen molar-refractivity contribution in [1.82, 2.24) is 14.8 Å². The van der Waals surface area contributed by atoms with Crippen molar-refractivity contribution in [3.63, 3.8) is 0 Å². The molecule has 6 heteroatoms. The minimum Gasteiger partial charge on any atom is -0.482 e. The van der Waals surface area contributed by atoms with Crippen LogP contribution in [-0.2, 0) is 7.05 Å². The number of ether oxygens (including phenoxy) is 1. The van der Waals surface area contributed by atoms with Gasteiger partial charge in [0.25, 0.3) is 0 Å². The Hall–Kier alpha value is -2.60. The fraction of sp³-hybridized carbons (Fsp3) is 0.294. The molecule has 3 heterocycles. The number of para-hydroxylation sites is 1. The second-order valence-corrected chi connectivity index (χ2v) is 5.84. The van der Waals surface area contributed by atoms with E-state index in [1.807, 2.05) is 37.4 Å². The van der Waals surface area contributed by atoms with Crippen LogP contribution in [0.15, 0.2) is 48.8 Å². The van der Waals surface area contributed by atoms with Crippen LogP contribution in [0.5, 0.6) is 5.75 Å². The van der Waals surface area contributed by atoms with Gasteiger partial charge in [0, 0.05) is 19.0 Å². The number of aliphatic hydroxyl groups excluding tert-OH is 1. The standard InChI is InChI=1S/C17H18N4O2/c1-20-9-13(8-18-20)23-16-11-21(10-15(16)22)17-7-6-12-4-2-3-5-14(12)19-17/h2-9,15-16,22H,10-11H2,1H3/t15-,16-/m1/s1. The predicted molar refractivity (Wildman–Crippen MR) is 87.6 cm³/mol. The number of β-amino-alcohol motifs (C(OH)–C–C–N with tert-alkyl or cyclic N) is 1. The zero-order chi connectivity index (χ0) is 15.8. The third-order valence-corrected chi connectivity index (χ3v) is 4.11. The van der Waals surface area contributed by atoms with E-state index in [0.717, 1.165) is 16.7 Å². The van der Waals surface area contributed by atoms with Crippen LogP contribution >= 0.6 is 0 Å². The van der Waals surface area contributed by atoms with Gasteiger partial charge in [0.05, 0.1) is 24.5 Å². The highest BCUT2D eigenvalue weighted by Crippen LogP contribution is 2.24. The van der Waals surface area contributed by atoms with Gasteiger partial charge in [0.2, 0.25) is 0 Å². The molecule has 0 radical (unpaired) electrons. The SMILES string of the molecule is Cn1cc(O[C@@H]2CN(c3ccc4ccccc4n3)C[C@H]2O)cn1. The molecule has 0 unspecified atom stereocenters. The lowest BCUT2D eigenvalue weighted by molar-refractivity contribution is 0.0737. The Morgan fingerprint density at radius 1 is 1.17 bits per heavy atom. The van der Waals surface area contributed by atoms with Crippen molar-refractivity contribution in [2.75, 3.05) is 18.0 Å². The lowest BCUT2D eigenvalue weighted by Crippen LogP contribution is -2.29. The molecule has 2 aromatic heterocycles. The summed E-state index contributed by atoms with van der Waals surface area (Å²) in [6.45, 7) is 1.11. The first kappa shape index (κ1) is 14.0. The number of hydrogen-bond donors (Lipinski definition) is 1. The van der Waals surface area contributed by atoms with E-state index in [9.17, 15) is 5.11 Å². The van der Waals surface area contributed by atoms with Crippen molar-refractivity contribution in [3.05, 3.63) is 48.8 Å². The van der Waals surface area contributed by atoms with E-state index in [1.54, 1.807) is 17.1 Å². The maximum absolute atomic E-state index is 10.3. The molecule has 0 saturated carbocycles. The Bertz CT molecular complexity index is 832. The van der Waals surface area contributed by atoms with E-state index < -0.39 is 6.10 Å². The molecule has 23 heavy (non-hydrogen) atoms. The summed E-state index contributed by atoms with van der Waals surface area (Å²) in [7, 11) is 1.84. The van der Waals surface area contributed by atoms with Crippen LogP contribution in [-0.4, -0.2) is 45.2 Å². The molecular formula is C17H18N4O2. The average molecular weight is 310 g/mol. The van der Waals surface area contributed by atoms with Crippen LogP contribution in [0.3, 0.4) is 0 Å². The summed E-state index contributed by atoms with van der Waals surface area (Å²) in [4.78, 5) is 6.73. The molecule has 2 atom stereocenters. The molecular weight excluding hydrogens is 292 g/mol. The fourth-order valence-electron chi connectivity index (χ4n) is 2.93. The Kier molecular flexibility index (Phi) is 3.38. The largest absolute Gasteiger partial charge is 0.482 e.